The fourth-order valence-corrected chi connectivity index (χ4v) is 12.0. The number of aryl methyl sites for hydroxylation is 4. The van der Waals surface area contributed by atoms with Gasteiger partial charge in [0.2, 0.25) is 0 Å². The first-order chi connectivity index (χ1) is 33.8. The van der Waals surface area contributed by atoms with Gasteiger partial charge >= 0.3 is 0 Å². The van der Waals surface area contributed by atoms with E-state index in [4.69, 9.17) is 0 Å². The summed E-state index contributed by atoms with van der Waals surface area (Å²) in [4.78, 5) is 0. The van der Waals surface area contributed by atoms with Gasteiger partial charge in [-0.3, -0.25) is 0 Å². The van der Waals surface area contributed by atoms with Gasteiger partial charge in [0.25, 0.3) is 0 Å². The Bertz CT molecular complexity index is 3940. The van der Waals surface area contributed by atoms with Gasteiger partial charge in [-0.25, -0.2) is 0 Å². The molecule has 0 amide bonds. The number of rotatable bonds is 6. The number of benzene rings is 9. The van der Waals surface area contributed by atoms with Crippen LogP contribution in [0.3, 0.4) is 0 Å². The minimum absolute atomic E-state index is 0.522. The van der Waals surface area contributed by atoms with Crippen LogP contribution in [-0.4, -0.2) is 9.13 Å². The summed E-state index contributed by atoms with van der Waals surface area (Å²) in [5.41, 5.74) is 23.2. The molecule has 69 heavy (non-hydrogen) atoms. The van der Waals surface area contributed by atoms with Gasteiger partial charge in [-0.2, -0.15) is 0 Å². The Morgan fingerprint density at radius 1 is 0.391 bits per heavy atom. The molecule has 11 aromatic rings. The SMILES string of the molecule is Cc1cc2c(-c3ccc(-c4ccc5c(c4)c4ccccc4n5C4=CCCCC4)cc3)c3cc(C)c(C)cc3c(-c3ccc(-c4ccc5c(c4)c4ccccc4n5C4=CC=CC(C)C4)cc3)c2cc1C. The Kier molecular flexibility index (Phi) is 9.77. The Labute approximate surface area is 405 Å². The highest BCUT2D eigenvalue weighted by Gasteiger charge is 2.22. The molecule has 0 fully saturated rings. The van der Waals surface area contributed by atoms with Crippen LogP contribution in [-0.2, 0) is 0 Å². The topological polar surface area (TPSA) is 9.86 Å². The first-order valence-corrected chi connectivity index (χ1v) is 25.1. The van der Waals surface area contributed by atoms with Gasteiger partial charge < -0.3 is 9.13 Å². The number of nitrogens with zero attached hydrogens (tertiary/aromatic N) is 2. The zero-order valence-electron chi connectivity index (χ0n) is 40.3. The third-order valence-corrected chi connectivity index (χ3v) is 15.8. The summed E-state index contributed by atoms with van der Waals surface area (Å²) in [6.45, 7) is 11.3. The molecule has 2 heteroatoms. The van der Waals surface area contributed by atoms with E-state index in [1.807, 2.05) is 0 Å². The molecule has 2 nitrogen and oxygen atoms in total. The molecule has 1 atom stereocenters. The van der Waals surface area contributed by atoms with Crippen LogP contribution in [0.15, 0.2) is 182 Å². The van der Waals surface area contributed by atoms with E-state index in [2.05, 4.69) is 226 Å². The minimum atomic E-state index is 0.522. The van der Waals surface area contributed by atoms with Crippen molar-refractivity contribution in [2.45, 2.75) is 66.7 Å². The summed E-state index contributed by atoms with van der Waals surface area (Å²) in [5, 5.41) is 10.4. The van der Waals surface area contributed by atoms with Crippen LogP contribution in [0, 0.1) is 33.6 Å². The number of hydrogen-bond donors (Lipinski definition) is 0. The maximum absolute atomic E-state index is 2.52. The third-order valence-electron chi connectivity index (χ3n) is 15.8. The van der Waals surface area contributed by atoms with Crippen molar-refractivity contribution in [1.82, 2.24) is 9.13 Å². The monoisotopic (exact) mass is 888 g/mol. The van der Waals surface area contributed by atoms with Crippen LogP contribution < -0.4 is 0 Å². The number of fused-ring (bicyclic) bond motifs is 8. The summed E-state index contributed by atoms with van der Waals surface area (Å²) in [7, 11) is 0. The van der Waals surface area contributed by atoms with Crippen molar-refractivity contribution < 1.29 is 0 Å². The van der Waals surface area contributed by atoms with Crippen molar-refractivity contribution in [3.8, 4) is 44.5 Å². The molecule has 2 aliphatic carbocycles. The highest BCUT2D eigenvalue weighted by molar-refractivity contribution is 6.22. The molecular formula is C67H56N2. The zero-order valence-corrected chi connectivity index (χ0v) is 40.3. The highest BCUT2D eigenvalue weighted by Crippen LogP contribution is 2.47. The van der Waals surface area contributed by atoms with E-state index in [1.165, 1.54) is 156 Å². The highest BCUT2D eigenvalue weighted by atomic mass is 15.0. The Balaban J connectivity index is 0.919. The smallest absolute Gasteiger partial charge is 0.0538 e. The van der Waals surface area contributed by atoms with E-state index in [0.717, 1.165) is 19.3 Å². The summed E-state index contributed by atoms with van der Waals surface area (Å²) in [5.74, 6) is 0.522. The quantitative estimate of drug-likeness (QED) is 0.147. The van der Waals surface area contributed by atoms with Gasteiger partial charge in [-0.05, 0) is 196 Å². The van der Waals surface area contributed by atoms with Crippen molar-refractivity contribution in [2.24, 2.45) is 5.92 Å². The molecular weight excluding hydrogens is 833 g/mol. The lowest BCUT2D eigenvalue weighted by Crippen LogP contribution is -2.03. The Morgan fingerprint density at radius 3 is 1.26 bits per heavy atom. The number of para-hydroxylation sites is 2. The second-order valence-corrected chi connectivity index (χ2v) is 20.2. The summed E-state index contributed by atoms with van der Waals surface area (Å²) >= 11 is 0. The van der Waals surface area contributed by atoms with Gasteiger partial charge in [-0.15, -0.1) is 0 Å². The lowest BCUT2D eigenvalue weighted by atomic mass is 9.83. The second-order valence-electron chi connectivity index (χ2n) is 20.2. The summed E-state index contributed by atoms with van der Waals surface area (Å²) in [6, 6.07) is 60.5. The fourth-order valence-electron chi connectivity index (χ4n) is 12.0. The van der Waals surface area contributed by atoms with Crippen LogP contribution in [0.4, 0.5) is 0 Å². The van der Waals surface area contributed by atoms with Crippen molar-refractivity contribution >= 4 is 76.6 Å². The average Bonchev–Trinajstić information content (AvgIpc) is 3.89. The molecule has 1 unspecified atom stereocenters. The minimum Gasteiger partial charge on any atom is -0.313 e. The largest absolute Gasteiger partial charge is 0.313 e. The maximum Gasteiger partial charge on any atom is 0.0538 e. The molecule has 2 heterocycles. The van der Waals surface area contributed by atoms with Gasteiger partial charge in [0.15, 0.2) is 0 Å². The van der Waals surface area contributed by atoms with Crippen molar-refractivity contribution in [2.75, 3.05) is 0 Å². The molecule has 0 N–H and O–H groups in total. The molecule has 2 aromatic heterocycles. The third kappa shape index (κ3) is 6.75. The van der Waals surface area contributed by atoms with E-state index in [9.17, 15) is 0 Å². The van der Waals surface area contributed by atoms with E-state index in [-0.39, 0.29) is 0 Å². The molecule has 334 valence electrons. The molecule has 2 aliphatic rings. The summed E-state index contributed by atoms with van der Waals surface area (Å²) < 4.78 is 5.00. The summed E-state index contributed by atoms with van der Waals surface area (Å²) in [6.07, 6.45) is 15.1. The molecule has 9 aromatic carbocycles. The lowest BCUT2D eigenvalue weighted by Gasteiger charge is -2.21. The number of aromatic nitrogens is 2. The van der Waals surface area contributed by atoms with Crippen LogP contribution >= 0.6 is 0 Å². The van der Waals surface area contributed by atoms with E-state index < -0.39 is 0 Å². The maximum atomic E-state index is 2.52. The normalized spacial score (nSPS) is 15.3. The van der Waals surface area contributed by atoms with E-state index in [0.29, 0.717) is 5.92 Å². The fraction of sp³-hybridized carbons (Fsp3) is 0.164. The second kappa shape index (κ2) is 16.2. The number of hydrogen-bond acceptors (Lipinski definition) is 0. The molecule has 0 saturated carbocycles. The lowest BCUT2D eigenvalue weighted by molar-refractivity contribution is 0.724. The van der Waals surface area contributed by atoms with Crippen molar-refractivity contribution in [3.05, 3.63) is 204 Å². The van der Waals surface area contributed by atoms with E-state index >= 15 is 0 Å². The molecule has 13 rings (SSSR count). The average molecular weight is 889 g/mol. The van der Waals surface area contributed by atoms with Gasteiger partial charge in [0.05, 0.1) is 22.1 Å². The molecule has 0 aliphatic heterocycles. The van der Waals surface area contributed by atoms with Crippen LogP contribution in [0.1, 0.15) is 61.3 Å². The Hall–Kier alpha value is -7.68. The van der Waals surface area contributed by atoms with Crippen LogP contribution in [0.25, 0.3) is 121 Å². The Morgan fingerprint density at radius 2 is 0.812 bits per heavy atom. The van der Waals surface area contributed by atoms with Crippen molar-refractivity contribution in [3.63, 3.8) is 0 Å². The number of allylic oxidation sites excluding steroid dienone is 6. The van der Waals surface area contributed by atoms with Gasteiger partial charge in [-0.1, -0.05) is 146 Å². The molecule has 0 bridgehead atoms. The van der Waals surface area contributed by atoms with Gasteiger partial charge in [0, 0.05) is 32.9 Å². The predicted molar refractivity (Wildman–Crippen MR) is 298 cm³/mol. The zero-order chi connectivity index (χ0) is 46.5. The first kappa shape index (κ1) is 41.5. The van der Waals surface area contributed by atoms with Crippen LogP contribution in [0.2, 0.25) is 0 Å². The van der Waals surface area contributed by atoms with E-state index in [1.54, 1.807) is 0 Å². The first-order valence-electron chi connectivity index (χ1n) is 25.1. The predicted octanol–water partition coefficient (Wildman–Crippen LogP) is 19.0. The molecule has 0 saturated heterocycles. The van der Waals surface area contributed by atoms with Crippen molar-refractivity contribution in [1.29, 1.82) is 0 Å². The van der Waals surface area contributed by atoms with Crippen LogP contribution in [0.5, 0.6) is 0 Å². The standard InChI is InChI=1S/C67H56N2/c1-41-14-13-17-53(34-41)69-63-21-12-10-19-55(63)57-40-51(31-33-65(57)69)47-24-28-49(29-25-47)67-60-37-44(4)42(2)35-58(60)66(59-36-43(3)45(5)38-61(59)67)48-26-22-46(23-27-48)50-30-32-64-56(39-50)54-18-9-11-20-62(54)68(64)52-15-7-6-8-16-52/h9-15,17-33,35-41H,6-8,16,34H2,1-5H3. The molecule has 0 radical (unpaired) electrons. The van der Waals surface area contributed by atoms with Gasteiger partial charge in [0.1, 0.15) is 0 Å². The molecule has 0 spiro atoms.